The minimum atomic E-state index is -1.91. The molecule has 0 unspecified atom stereocenters. The van der Waals surface area contributed by atoms with Gasteiger partial charge < -0.3 is 43.6 Å². The van der Waals surface area contributed by atoms with E-state index >= 15 is 0 Å². The van der Waals surface area contributed by atoms with Crippen molar-refractivity contribution in [2.45, 2.75) is 132 Å². The number of hydrogen-bond donors (Lipinski definition) is 2. The van der Waals surface area contributed by atoms with Crippen LogP contribution in [-0.4, -0.2) is 96.6 Å². The van der Waals surface area contributed by atoms with Gasteiger partial charge in [-0.15, -0.1) is 11.6 Å². The number of halogens is 1. The van der Waals surface area contributed by atoms with Crippen LogP contribution in [0.25, 0.3) is 0 Å². The summed E-state index contributed by atoms with van der Waals surface area (Å²) < 4.78 is 43.1. The van der Waals surface area contributed by atoms with Gasteiger partial charge in [-0.05, 0) is 46.3 Å². The van der Waals surface area contributed by atoms with Gasteiger partial charge in [-0.25, -0.2) is 4.79 Å². The van der Waals surface area contributed by atoms with Crippen LogP contribution in [0.1, 0.15) is 67.2 Å². The summed E-state index contributed by atoms with van der Waals surface area (Å²) in [5.41, 5.74) is -0.120. The highest BCUT2D eigenvalue weighted by molar-refractivity contribution is 6.22. The number of cyclic esters (lactones) is 1. The number of carbonyl (C=O) groups is 2. The zero-order valence-electron chi connectivity index (χ0n) is 29.1. The number of rotatable bonds is 6. The number of fused-ring (bicyclic) bond motifs is 3. The van der Waals surface area contributed by atoms with E-state index in [4.69, 9.17) is 44.8 Å². The van der Waals surface area contributed by atoms with Crippen molar-refractivity contribution in [3.8, 4) is 11.8 Å². The fourth-order valence-corrected chi connectivity index (χ4v) is 8.08. The average molecular weight is 692 g/mol. The fraction of sp³-hybridized carbons (Fsp3) is 0.722. The summed E-state index contributed by atoms with van der Waals surface area (Å²) in [6.07, 6.45) is 5.93. The SMILES string of the molecule is CO[C@@H]1/C=C(\C)C[C@H](/C=C/C=C/C#C[C@@H]2C[C@H]2Cl)OC(=O)C[C@]2(O)C[C@H](O[C@]3(C)O[C@@H](C)[C@H]4NC(=O)O[C@@]4(C)[C@H]3OC)[C@@H](C)[C@@H](O2)[C@@H]1C. The van der Waals surface area contributed by atoms with Crippen molar-refractivity contribution in [2.24, 2.45) is 17.8 Å². The first-order valence-corrected chi connectivity index (χ1v) is 17.2. The van der Waals surface area contributed by atoms with Crippen LogP contribution in [0.15, 0.2) is 36.0 Å². The predicted molar refractivity (Wildman–Crippen MR) is 177 cm³/mol. The highest BCUT2D eigenvalue weighted by atomic mass is 35.5. The maximum Gasteiger partial charge on any atom is 0.408 e. The molecular formula is C36H50ClNO10. The summed E-state index contributed by atoms with van der Waals surface area (Å²) in [6.45, 7) is 11.3. The molecule has 0 radical (unpaired) electrons. The number of esters is 1. The molecule has 0 aromatic heterocycles. The lowest BCUT2D eigenvalue weighted by Crippen LogP contribution is -2.71. The Labute approximate surface area is 288 Å². The minimum Gasteiger partial charge on any atom is -0.458 e. The quantitative estimate of drug-likeness (QED) is 0.135. The summed E-state index contributed by atoms with van der Waals surface area (Å²) in [5.74, 6) is 1.90. The van der Waals surface area contributed by atoms with E-state index in [-0.39, 0.29) is 35.7 Å². The van der Waals surface area contributed by atoms with Gasteiger partial charge in [-0.2, -0.15) is 0 Å². The minimum absolute atomic E-state index is 0.0486. The molecule has 5 aliphatic rings. The Bertz CT molecular complexity index is 1370. The number of aliphatic hydroxyl groups is 1. The van der Waals surface area contributed by atoms with Gasteiger partial charge in [0.15, 0.2) is 23.3 Å². The zero-order valence-corrected chi connectivity index (χ0v) is 29.8. The van der Waals surface area contributed by atoms with Gasteiger partial charge in [0.2, 0.25) is 0 Å². The summed E-state index contributed by atoms with van der Waals surface area (Å²) in [7, 11) is 3.15. The first kappa shape index (κ1) is 36.8. The van der Waals surface area contributed by atoms with E-state index in [2.05, 4.69) is 17.2 Å². The number of methoxy groups -OCH3 is 2. The molecule has 2 N–H and O–H groups in total. The van der Waals surface area contributed by atoms with Crippen molar-refractivity contribution < 1.29 is 47.9 Å². The van der Waals surface area contributed by atoms with E-state index in [9.17, 15) is 14.7 Å². The second-order valence-electron chi connectivity index (χ2n) is 14.3. The topological polar surface area (TPSA) is 131 Å². The molecule has 14 atom stereocenters. The third kappa shape index (κ3) is 7.81. The van der Waals surface area contributed by atoms with E-state index in [1.54, 1.807) is 45.3 Å². The molecule has 1 amide bonds. The van der Waals surface area contributed by atoms with Gasteiger partial charge in [0.05, 0.1) is 30.8 Å². The number of amides is 1. The van der Waals surface area contributed by atoms with E-state index in [1.807, 2.05) is 33.8 Å². The van der Waals surface area contributed by atoms with Crippen LogP contribution in [0.3, 0.4) is 0 Å². The molecule has 266 valence electrons. The molecule has 12 heteroatoms. The van der Waals surface area contributed by atoms with Crippen LogP contribution in [-0.2, 0) is 38.0 Å². The Morgan fingerprint density at radius 3 is 2.50 bits per heavy atom. The normalized spacial score (nSPS) is 47.4. The summed E-state index contributed by atoms with van der Waals surface area (Å²) in [6, 6.07) is -0.465. The molecule has 0 aromatic carbocycles. The highest BCUT2D eigenvalue weighted by Gasteiger charge is 2.66. The lowest BCUT2D eigenvalue weighted by Gasteiger charge is -2.55. The van der Waals surface area contributed by atoms with E-state index in [0.717, 1.165) is 12.0 Å². The molecule has 48 heavy (non-hydrogen) atoms. The Morgan fingerprint density at radius 1 is 1.10 bits per heavy atom. The molecule has 2 bridgehead atoms. The van der Waals surface area contributed by atoms with E-state index in [0.29, 0.717) is 6.42 Å². The molecule has 4 aliphatic heterocycles. The summed E-state index contributed by atoms with van der Waals surface area (Å²) >= 11 is 6.01. The van der Waals surface area contributed by atoms with Crippen molar-refractivity contribution in [1.82, 2.24) is 5.32 Å². The number of carbonyl (C=O) groups excluding carboxylic acids is 2. The fourth-order valence-electron chi connectivity index (χ4n) is 7.82. The standard InChI is InChI=1S/C36H50ClNO10/c1-20-15-25(14-12-10-9-11-13-24-17-26(24)37)44-29(39)19-36(41)18-28(22(3)30(47-36)21(2)27(16-20)42-7)46-35(6)32(43-8)34(5)31(23(4)45-35)38-33(40)48-34/h9-10,12,14,16,21-28,30-32,41H,15,17-19H2,1-8H3,(H,38,40)/b10-9+,14-12+,20-16+/t21-,22-,23+,24-,25+,26-,27-,28+,30+,31-,32-,34-,35+,36+/m1/s1. The van der Waals surface area contributed by atoms with Crippen LogP contribution >= 0.6 is 11.6 Å². The van der Waals surface area contributed by atoms with Crippen LogP contribution < -0.4 is 5.32 Å². The summed E-state index contributed by atoms with van der Waals surface area (Å²) in [4.78, 5) is 25.7. The Hall–Kier alpha value is -2.43. The lowest BCUT2D eigenvalue weighted by molar-refractivity contribution is -0.387. The van der Waals surface area contributed by atoms with Crippen LogP contribution in [0.4, 0.5) is 4.79 Å². The summed E-state index contributed by atoms with van der Waals surface area (Å²) in [5, 5.41) is 14.9. The Balaban J connectivity index is 1.40. The van der Waals surface area contributed by atoms with E-state index in [1.165, 1.54) is 7.11 Å². The Morgan fingerprint density at radius 2 is 1.83 bits per heavy atom. The maximum absolute atomic E-state index is 13.4. The van der Waals surface area contributed by atoms with Gasteiger partial charge in [-0.3, -0.25) is 4.79 Å². The average Bonchev–Trinajstić information content (AvgIpc) is 3.60. The van der Waals surface area contributed by atoms with Crippen molar-refractivity contribution >= 4 is 23.7 Å². The van der Waals surface area contributed by atoms with Gasteiger partial charge >= 0.3 is 12.1 Å². The van der Waals surface area contributed by atoms with Crippen molar-refractivity contribution in [3.05, 3.63) is 36.0 Å². The van der Waals surface area contributed by atoms with Crippen molar-refractivity contribution in [3.63, 3.8) is 0 Å². The largest absolute Gasteiger partial charge is 0.458 e. The van der Waals surface area contributed by atoms with E-state index < -0.39 is 72.2 Å². The second kappa shape index (κ2) is 14.4. The first-order valence-electron chi connectivity index (χ1n) is 16.8. The molecule has 0 spiro atoms. The van der Waals surface area contributed by atoms with Gasteiger partial charge in [0.1, 0.15) is 12.1 Å². The molecule has 0 aromatic rings. The van der Waals surface area contributed by atoms with Crippen LogP contribution in [0.5, 0.6) is 0 Å². The highest BCUT2D eigenvalue weighted by Crippen LogP contribution is 2.47. The Kier molecular flexibility index (Phi) is 11.1. The monoisotopic (exact) mass is 691 g/mol. The number of alkyl halides is 1. The predicted octanol–water partition coefficient (Wildman–Crippen LogP) is 4.55. The molecule has 1 aliphatic carbocycles. The number of hydrogen-bond acceptors (Lipinski definition) is 10. The second-order valence-corrected chi connectivity index (χ2v) is 14.8. The number of ether oxygens (including phenoxy) is 7. The molecule has 1 saturated carbocycles. The molecule has 11 nitrogen and oxygen atoms in total. The molecule has 5 rings (SSSR count). The lowest BCUT2D eigenvalue weighted by atomic mass is 9.78. The van der Waals surface area contributed by atoms with Gasteiger partial charge in [0, 0.05) is 50.2 Å². The molecule has 4 fully saturated rings. The molecule has 4 heterocycles. The van der Waals surface area contributed by atoms with Crippen LogP contribution in [0, 0.1) is 29.6 Å². The third-order valence-electron chi connectivity index (χ3n) is 10.3. The zero-order chi connectivity index (χ0) is 35.0. The number of nitrogens with one attached hydrogen (secondary N) is 1. The smallest absolute Gasteiger partial charge is 0.408 e. The molecular weight excluding hydrogens is 642 g/mol. The molecule has 3 saturated heterocycles. The van der Waals surface area contributed by atoms with Crippen LogP contribution in [0.2, 0.25) is 0 Å². The number of alkyl carbamates (subject to hydrolysis) is 1. The van der Waals surface area contributed by atoms with Gasteiger partial charge in [0.25, 0.3) is 0 Å². The number of allylic oxidation sites excluding steroid dienone is 3. The maximum atomic E-state index is 13.4. The van der Waals surface area contributed by atoms with Crippen molar-refractivity contribution in [2.75, 3.05) is 14.2 Å². The third-order valence-corrected chi connectivity index (χ3v) is 10.8. The van der Waals surface area contributed by atoms with Crippen molar-refractivity contribution in [1.29, 1.82) is 0 Å². The van der Waals surface area contributed by atoms with Gasteiger partial charge in [-0.1, -0.05) is 49.5 Å². The first-order chi connectivity index (χ1) is 22.6.